The second kappa shape index (κ2) is 7.96. The largest absolute Gasteiger partial charge is 0.511 e. The summed E-state index contributed by atoms with van der Waals surface area (Å²) in [5, 5.41) is 10.5. The zero-order chi connectivity index (χ0) is 18.6. The molecule has 0 saturated heterocycles. The highest BCUT2D eigenvalue weighted by atomic mass is 19.3. The predicted octanol–water partition coefficient (Wildman–Crippen LogP) is 2.94. The Morgan fingerprint density at radius 1 is 1.20 bits per heavy atom. The van der Waals surface area contributed by atoms with Crippen molar-refractivity contribution in [2.24, 2.45) is 5.92 Å². The minimum Gasteiger partial charge on any atom is -0.511 e. The number of methoxy groups -OCH3 is 2. The minimum absolute atomic E-state index is 0.0560. The number of allylic oxidation sites excluding steroid dienone is 1. The maximum absolute atomic E-state index is 12.6. The average Bonchev–Trinajstić information content (AvgIpc) is 2.60. The van der Waals surface area contributed by atoms with E-state index in [9.17, 15) is 23.5 Å². The summed E-state index contributed by atoms with van der Waals surface area (Å²) in [6.07, 6.45) is 0.0299. The van der Waals surface area contributed by atoms with Crippen LogP contribution in [0.2, 0.25) is 0 Å². The van der Waals surface area contributed by atoms with Crippen LogP contribution in [0.3, 0.4) is 0 Å². The molecule has 0 saturated carbocycles. The number of carbonyl (C=O) groups excluding carboxylic acids is 2. The van der Waals surface area contributed by atoms with Gasteiger partial charge in [0.15, 0.2) is 0 Å². The van der Waals surface area contributed by atoms with Gasteiger partial charge in [-0.25, -0.2) is 4.79 Å². The van der Waals surface area contributed by atoms with Crippen molar-refractivity contribution in [2.45, 2.75) is 25.4 Å². The number of halogens is 2. The molecule has 6 nitrogen and oxygen atoms in total. The highest BCUT2D eigenvalue weighted by Crippen LogP contribution is 2.43. The van der Waals surface area contributed by atoms with E-state index < -0.39 is 30.4 Å². The molecule has 25 heavy (non-hydrogen) atoms. The maximum atomic E-state index is 12.6. The molecule has 0 aliphatic heterocycles. The standard InChI is InChI=1S/C17H18F2O6/c1-23-15(21)9-7-11(14(20)12(8-9)16(22)24-2)10-5-3-4-6-13(10)25-17(18)19/h3-6,9,11,17,20H,7-8H2,1-2H3. The smallest absolute Gasteiger partial charge is 0.387 e. The summed E-state index contributed by atoms with van der Waals surface area (Å²) in [5.74, 6) is -3.41. The maximum Gasteiger partial charge on any atom is 0.387 e. The van der Waals surface area contributed by atoms with E-state index in [1.54, 1.807) is 6.07 Å². The van der Waals surface area contributed by atoms with Gasteiger partial charge in [0.05, 0.1) is 25.7 Å². The van der Waals surface area contributed by atoms with E-state index in [2.05, 4.69) is 9.47 Å². The van der Waals surface area contributed by atoms with Crippen LogP contribution >= 0.6 is 0 Å². The van der Waals surface area contributed by atoms with Crippen LogP contribution in [-0.4, -0.2) is 37.9 Å². The molecule has 0 radical (unpaired) electrons. The SMILES string of the molecule is COC(=O)C1=C(O)C(c2ccccc2OC(F)F)CC(C(=O)OC)C1. The third-order valence-corrected chi connectivity index (χ3v) is 4.09. The normalized spacial score (nSPS) is 20.4. The number of ether oxygens (including phenoxy) is 3. The van der Waals surface area contributed by atoms with Gasteiger partial charge in [0.1, 0.15) is 11.5 Å². The first-order valence-corrected chi connectivity index (χ1v) is 7.50. The van der Waals surface area contributed by atoms with E-state index in [0.717, 1.165) is 7.11 Å². The Morgan fingerprint density at radius 2 is 1.88 bits per heavy atom. The number of carbonyl (C=O) groups is 2. The summed E-state index contributed by atoms with van der Waals surface area (Å²) in [6.45, 7) is -3.05. The first kappa shape index (κ1) is 18.7. The van der Waals surface area contributed by atoms with Crippen LogP contribution in [0.1, 0.15) is 24.3 Å². The van der Waals surface area contributed by atoms with Gasteiger partial charge in [-0.1, -0.05) is 18.2 Å². The van der Waals surface area contributed by atoms with Gasteiger partial charge >= 0.3 is 18.6 Å². The number of esters is 2. The Kier molecular flexibility index (Phi) is 5.95. The summed E-state index contributed by atoms with van der Waals surface area (Å²) in [7, 11) is 2.36. The van der Waals surface area contributed by atoms with Gasteiger partial charge in [-0.2, -0.15) is 8.78 Å². The van der Waals surface area contributed by atoms with E-state index in [0.29, 0.717) is 0 Å². The summed E-state index contributed by atoms with van der Waals surface area (Å²) in [4.78, 5) is 23.9. The van der Waals surface area contributed by atoms with Crippen LogP contribution in [0.5, 0.6) is 5.75 Å². The summed E-state index contributed by atoms with van der Waals surface area (Å²) < 4.78 is 39.1. The third-order valence-electron chi connectivity index (χ3n) is 4.09. The van der Waals surface area contributed by atoms with Gasteiger partial charge in [0, 0.05) is 11.5 Å². The lowest BCUT2D eigenvalue weighted by Gasteiger charge is -2.29. The fourth-order valence-electron chi connectivity index (χ4n) is 2.94. The molecule has 136 valence electrons. The zero-order valence-corrected chi connectivity index (χ0v) is 13.7. The molecule has 0 amide bonds. The minimum atomic E-state index is -3.05. The van der Waals surface area contributed by atoms with Gasteiger partial charge in [-0.15, -0.1) is 0 Å². The number of hydrogen-bond acceptors (Lipinski definition) is 6. The molecule has 0 fully saturated rings. The van der Waals surface area contributed by atoms with Crippen molar-refractivity contribution >= 4 is 11.9 Å². The van der Waals surface area contributed by atoms with Crippen molar-refractivity contribution in [3.63, 3.8) is 0 Å². The number of hydrogen-bond donors (Lipinski definition) is 1. The van der Waals surface area contributed by atoms with Gasteiger partial charge in [-0.05, 0) is 18.9 Å². The van der Waals surface area contributed by atoms with Crippen LogP contribution < -0.4 is 4.74 Å². The molecular formula is C17H18F2O6. The Labute approximate surface area is 143 Å². The number of benzene rings is 1. The van der Waals surface area contributed by atoms with Crippen molar-refractivity contribution in [3.8, 4) is 5.75 Å². The second-order valence-electron chi connectivity index (χ2n) is 5.48. The molecule has 1 aromatic carbocycles. The molecule has 2 rings (SSSR count). The zero-order valence-electron chi connectivity index (χ0n) is 13.7. The lowest BCUT2D eigenvalue weighted by molar-refractivity contribution is -0.146. The number of aliphatic hydroxyl groups is 1. The Hall–Kier alpha value is -2.64. The fourth-order valence-corrected chi connectivity index (χ4v) is 2.94. The highest BCUT2D eigenvalue weighted by molar-refractivity contribution is 5.90. The average molecular weight is 356 g/mol. The molecule has 2 unspecified atom stereocenters. The lowest BCUT2D eigenvalue weighted by Crippen LogP contribution is -2.28. The van der Waals surface area contributed by atoms with Crippen molar-refractivity contribution in [1.29, 1.82) is 0 Å². The monoisotopic (exact) mass is 356 g/mol. The van der Waals surface area contributed by atoms with Gasteiger partial charge in [0.2, 0.25) is 0 Å². The molecular weight excluding hydrogens is 338 g/mol. The van der Waals surface area contributed by atoms with Crippen LogP contribution in [0.15, 0.2) is 35.6 Å². The molecule has 1 aliphatic rings. The Morgan fingerprint density at radius 3 is 2.48 bits per heavy atom. The van der Waals surface area contributed by atoms with E-state index in [1.165, 1.54) is 25.3 Å². The molecule has 1 aliphatic carbocycles. The van der Waals surface area contributed by atoms with E-state index >= 15 is 0 Å². The molecule has 1 aromatic rings. The molecule has 1 N–H and O–H groups in total. The fraction of sp³-hybridized carbons (Fsp3) is 0.412. The quantitative estimate of drug-likeness (QED) is 0.817. The van der Waals surface area contributed by atoms with Gasteiger partial charge in [-0.3, -0.25) is 4.79 Å². The van der Waals surface area contributed by atoms with Crippen molar-refractivity contribution in [1.82, 2.24) is 0 Å². The van der Waals surface area contributed by atoms with Crippen LogP contribution in [-0.2, 0) is 19.1 Å². The number of alkyl halides is 2. The first-order chi connectivity index (χ1) is 11.9. The first-order valence-electron chi connectivity index (χ1n) is 7.50. The molecule has 2 atom stereocenters. The molecule has 8 heteroatoms. The Balaban J connectivity index is 2.50. The summed E-state index contributed by atoms with van der Waals surface area (Å²) >= 11 is 0. The van der Waals surface area contributed by atoms with Crippen LogP contribution in [0.4, 0.5) is 8.78 Å². The molecule has 0 heterocycles. The third kappa shape index (κ3) is 4.07. The predicted molar refractivity (Wildman–Crippen MR) is 82.2 cm³/mol. The van der Waals surface area contributed by atoms with E-state index in [1.807, 2.05) is 0 Å². The van der Waals surface area contributed by atoms with Gasteiger partial charge < -0.3 is 19.3 Å². The number of aliphatic hydroxyl groups excluding tert-OH is 1. The Bertz CT molecular complexity index is 685. The highest BCUT2D eigenvalue weighted by Gasteiger charge is 2.38. The van der Waals surface area contributed by atoms with Crippen molar-refractivity contribution < 1.29 is 37.7 Å². The van der Waals surface area contributed by atoms with Crippen molar-refractivity contribution in [3.05, 3.63) is 41.2 Å². The van der Waals surface area contributed by atoms with E-state index in [4.69, 9.17) is 4.74 Å². The van der Waals surface area contributed by atoms with Crippen molar-refractivity contribution in [2.75, 3.05) is 14.2 Å². The van der Waals surface area contributed by atoms with Gasteiger partial charge in [0.25, 0.3) is 0 Å². The van der Waals surface area contributed by atoms with Crippen LogP contribution in [0.25, 0.3) is 0 Å². The summed E-state index contributed by atoms with van der Waals surface area (Å²) in [5.41, 5.74) is 0.163. The summed E-state index contributed by atoms with van der Waals surface area (Å²) in [6, 6.07) is 5.91. The second-order valence-corrected chi connectivity index (χ2v) is 5.48. The molecule has 0 spiro atoms. The molecule has 0 aromatic heterocycles. The number of rotatable bonds is 5. The van der Waals surface area contributed by atoms with E-state index in [-0.39, 0.29) is 35.5 Å². The lowest BCUT2D eigenvalue weighted by atomic mass is 9.77. The molecule has 0 bridgehead atoms. The topological polar surface area (TPSA) is 82.1 Å². The van der Waals surface area contributed by atoms with Crippen LogP contribution in [0, 0.1) is 5.92 Å². The number of para-hydroxylation sites is 1.